The molecule has 1 aliphatic heterocycles. The van der Waals surface area contributed by atoms with Crippen molar-refractivity contribution in [3.8, 4) is 0 Å². The summed E-state index contributed by atoms with van der Waals surface area (Å²) in [5.74, 6) is -2.33. The third kappa shape index (κ3) is 2.62. The van der Waals surface area contributed by atoms with E-state index < -0.39 is 23.0 Å². The molecule has 102 valence electrons. The monoisotopic (exact) mass is 286 g/mol. The zero-order chi connectivity index (χ0) is 14.0. The second kappa shape index (κ2) is 5.27. The van der Waals surface area contributed by atoms with Crippen molar-refractivity contribution < 1.29 is 23.8 Å². The number of benzene rings is 1. The molecule has 2 rings (SSSR count). The molecule has 1 atom stereocenters. The predicted molar refractivity (Wildman–Crippen MR) is 65.6 cm³/mol. The lowest BCUT2D eigenvalue weighted by atomic mass is 9.76. The Labute approximate surface area is 114 Å². The van der Waals surface area contributed by atoms with Crippen LogP contribution >= 0.6 is 11.6 Å². The van der Waals surface area contributed by atoms with Gasteiger partial charge in [0.05, 0.1) is 13.2 Å². The largest absolute Gasteiger partial charge is 0.480 e. The third-order valence-electron chi connectivity index (χ3n) is 3.27. The molecule has 1 fully saturated rings. The van der Waals surface area contributed by atoms with Gasteiger partial charge in [0.2, 0.25) is 0 Å². The van der Waals surface area contributed by atoms with E-state index in [0.717, 1.165) is 6.07 Å². The highest BCUT2D eigenvalue weighted by atomic mass is 35.5. The van der Waals surface area contributed by atoms with Crippen LogP contribution in [0.3, 0.4) is 0 Å². The normalized spacial score (nSPS) is 23.4. The molecule has 0 saturated carbocycles. The number of carbonyl (C=O) groups is 2. The zero-order valence-corrected chi connectivity index (χ0v) is 10.7. The molecule has 6 heteroatoms. The Hall–Kier alpha value is -1.46. The number of carbonyl (C=O) groups excluding carboxylic acids is 1. The van der Waals surface area contributed by atoms with Crippen molar-refractivity contribution in [3.05, 3.63) is 34.6 Å². The Bertz CT molecular complexity index is 531. The van der Waals surface area contributed by atoms with E-state index in [1.807, 2.05) is 0 Å². The van der Waals surface area contributed by atoms with Crippen molar-refractivity contribution >= 4 is 23.4 Å². The maximum absolute atomic E-state index is 13.7. The summed E-state index contributed by atoms with van der Waals surface area (Å²) in [4.78, 5) is 23.4. The number of aliphatic carboxylic acids is 1. The first-order valence-electron chi connectivity index (χ1n) is 5.74. The third-order valence-corrected chi connectivity index (χ3v) is 3.51. The number of carboxylic acids is 1. The molecule has 1 heterocycles. The lowest BCUT2D eigenvalue weighted by Gasteiger charge is -2.31. The lowest BCUT2D eigenvalue weighted by Crippen LogP contribution is -2.48. The van der Waals surface area contributed by atoms with Crippen molar-refractivity contribution in [2.24, 2.45) is 5.41 Å². The molecule has 0 aromatic heterocycles. The molecule has 1 unspecified atom stereocenters. The number of Topliss-reactive ketones (excluding diaryl/α,β-unsaturated/α-hetero) is 1. The van der Waals surface area contributed by atoms with Gasteiger partial charge in [-0.25, -0.2) is 4.39 Å². The fourth-order valence-electron chi connectivity index (χ4n) is 2.13. The Morgan fingerprint density at radius 3 is 2.84 bits per heavy atom. The highest BCUT2D eigenvalue weighted by molar-refractivity contribution is 6.30. The van der Waals surface area contributed by atoms with Gasteiger partial charge in [-0.05, 0) is 17.7 Å². The number of ketones is 1. The lowest BCUT2D eigenvalue weighted by molar-refractivity contribution is -0.164. The van der Waals surface area contributed by atoms with Gasteiger partial charge in [0.15, 0.2) is 11.2 Å². The van der Waals surface area contributed by atoms with Gasteiger partial charge in [0, 0.05) is 17.9 Å². The first-order valence-corrected chi connectivity index (χ1v) is 6.12. The average Bonchev–Trinajstić information content (AvgIpc) is 2.35. The van der Waals surface area contributed by atoms with Gasteiger partial charge < -0.3 is 9.84 Å². The van der Waals surface area contributed by atoms with Crippen molar-refractivity contribution in [2.45, 2.75) is 12.8 Å². The second-order valence-corrected chi connectivity index (χ2v) is 4.96. The van der Waals surface area contributed by atoms with Crippen LogP contribution in [0.4, 0.5) is 4.39 Å². The van der Waals surface area contributed by atoms with E-state index in [-0.39, 0.29) is 36.6 Å². The topological polar surface area (TPSA) is 63.6 Å². The summed E-state index contributed by atoms with van der Waals surface area (Å²) >= 11 is 5.64. The molecule has 1 aromatic carbocycles. The van der Waals surface area contributed by atoms with E-state index in [1.165, 1.54) is 12.1 Å². The van der Waals surface area contributed by atoms with E-state index in [2.05, 4.69) is 0 Å². The Morgan fingerprint density at radius 2 is 2.26 bits per heavy atom. The van der Waals surface area contributed by atoms with Gasteiger partial charge in [-0.3, -0.25) is 9.59 Å². The first-order chi connectivity index (χ1) is 8.95. The molecule has 0 spiro atoms. The number of ether oxygens (including phenoxy) is 1. The van der Waals surface area contributed by atoms with Crippen molar-refractivity contribution in [1.82, 2.24) is 0 Å². The standard InChI is InChI=1S/C13H12ClFO4/c14-9-2-1-8(10(15)5-9)6-13(12(17)18)7-19-4-3-11(13)16/h1-2,5H,3-4,6-7H2,(H,17,18). The van der Waals surface area contributed by atoms with Gasteiger partial charge in [0.1, 0.15) is 5.82 Å². The van der Waals surface area contributed by atoms with Gasteiger partial charge >= 0.3 is 5.97 Å². The molecule has 19 heavy (non-hydrogen) atoms. The molecular weight excluding hydrogens is 275 g/mol. The molecule has 0 bridgehead atoms. The maximum Gasteiger partial charge on any atom is 0.319 e. The average molecular weight is 287 g/mol. The van der Waals surface area contributed by atoms with E-state index in [9.17, 15) is 19.1 Å². The number of halogens is 2. The van der Waals surface area contributed by atoms with Crippen LogP contribution in [0, 0.1) is 11.2 Å². The molecule has 1 saturated heterocycles. The summed E-state index contributed by atoms with van der Waals surface area (Å²) in [5.41, 5.74) is -1.56. The van der Waals surface area contributed by atoms with Gasteiger partial charge in [-0.15, -0.1) is 0 Å². The van der Waals surface area contributed by atoms with E-state index in [1.54, 1.807) is 0 Å². The van der Waals surface area contributed by atoms with Crippen LogP contribution in [0.25, 0.3) is 0 Å². The minimum Gasteiger partial charge on any atom is -0.480 e. The van der Waals surface area contributed by atoms with E-state index in [0.29, 0.717) is 0 Å². The molecule has 1 N–H and O–H groups in total. The molecule has 0 amide bonds. The van der Waals surface area contributed by atoms with E-state index >= 15 is 0 Å². The predicted octanol–water partition coefficient (Wildman–Crippen LogP) is 2.08. The maximum atomic E-state index is 13.7. The molecule has 0 radical (unpaired) electrons. The molecule has 0 aliphatic carbocycles. The Balaban J connectivity index is 2.36. The molecular formula is C13H12ClFO4. The highest BCUT2D eigenvalue weighted by Crippen LogP contribution is 2.31. The fourth-order valence-corrected chi connectivity index (χ4v) is 2.29. The van der Waals surface area contributed by atoms with Crippen LogP contribution in [-0.4, -0.2) is 30.1 Å². The van der Waals surface area contributed by atoms with E-state index in [4.69, 9.17) is 16.3 Å². The van der Waals surface area contributed by atoms with Crippen molar-refractivity contribution in [2.75, 3.05) is 13.2 Å². The molecule has 4 nitrogen and oxygen atoms in total. The van der Waals surface area contributed by atoms with Gasteiger partial charge in [-0.2, -0.15) is 0 Å². The summed E-state index contributed by atoms with van der Waals surface area (Å²) < 4.78 is 18.8. The summed E-state index contributed by atoms with van der Waals surface area (Å²) in [6.07, 6.45) is -0.203. The van der Waals surface area contributed by atoms with Crippen LogP contribution in [0.15, 0.2) is 18.2 Å². The van der Waals surface area contributed by atoms with Crippen molar-refractivity contribution in [1.29, 1.82) is 0 Å². The quantitative estimate of drug-likeness (QED) is 0.864. The minimum absolute atomic E-state index is 0.0293. The molecule has 1 aliphatic rings. The smallest absolute Gasteiger partial charge is 0.319 e. The summed E-state index contributed by atoms with van der Waals surface area (Å²) in [5, 5.41) is 9.54. The summed E-state index contributed by atoms with van der Waals surface area (Å²) in [6.45, 7) is -0.0276. The van der Waals surface area contributed by atoms with Crippen molar-refractivity contribution in [3.63, 3.8) is 0 Å². The highest BCUT2D eigenvalue weighted by Gasteiger charge is 2.48. The van der Waals surface area contributed by atoms with Gasteiger partial charge in [-0.1, -0.05) is 17.7 Å². The van der Waals surface area contributed by atoms with Crippen LogP contribution in [0.1, 0.15) is 12.0 Å². The molecule has 1 aromatic rings. The zero-order valence-electron chi connectivity index (χ0n) is 9.99. The van der Waals surface area contributed by atoms with Crippen LogP contribution in [-0.2, 0) is 20.7 Å². The summed E-state index contributed by atoms with van der Waals surface area (Å²) in [7, 11) is 0. The Kier molecular flexibility index (Phi) is 3.87. The number of hydrogen-bond donors (Lipinski definition) is 1. The van der Waals surface area contributed by atoms with Crippen LogP contribution in [0.5, 0.6) is 0 Å². The number of carboxylic acid groups (broad SMARTS) is 1. The summed E-state index contributed by atoms with van der Waals surface area (Å²) in [6, 6.07) is 3.95. The second-order valence-electron chi connectivity index (χ2n) is 4.53. The Morgan fingerprint density at radius 1 is 1.53 bits per heavy atom. The fraction of sp³-hybridized carbons (Fsp3) is 0.385. The van der Waals surface area contributed by atoms with Gasteiger partial charge in [0.25, 0.3) is 0 Å². The first kappa shape index (κ1) is 14.0. The van der Waals surface area contributed by atoms with Crippen LogP contribution in [0.2, 0.25) is 5.02 Å². The van der Waals surface area contributed by atoms with Crippen LogP contribution < -0.4 is 0 Å². The minimum atomic E-state index is -1.70. The number of hydrogen-bond acceptors (Lipinski definition) is 3. The SMILES string of the molecule is O=C(O)C1(Cc2ccc(Cl)cc2F)COCCC1=O. The number of rotatable bonds is 3.